The monoisotopic (exact) mass is 956 g/mol. The number of carbonyl (C=O) groups is 8. The maximum atomic E-state index is 11.2. The van der Waals surface area contributed by atoms with Gasteiger partial charge in [-0.25, -0.2) is 4.79 Å². The van der Waals surface area contributed by atoms with Crippen LogP contribution in [-0.2, 0) is 76.3 Å². The Kier molecular flexibility index (Phi) is 20.6. The predicted octanol–water partition coefficient (Wildman–Crippen LogP) is 3.81. The summed E-state index contributed by atoms with van der Waals surface area (Å²) in [6.07, 6.45) is 5.42. The molecule has 0 aromatic carbocycles. The quantitative estimate of drug-likeness (QED) is 0.230. The molecule has 0 aromatic rings. The number of fused-ring (bicyclic) bond motifs is 1. The van der Waals surface area contributed by atoms with Crippen molar-refractivity contribution in [2.45, 2.75) is 150 Å². The first kappa shape index (κ1) is 57.0. The summed E-state index contributed by atoms with van der Waals surface area (Å²) >= 11 is 0. The topological polar surface area (TPSA) is 271 Å². The number of cyclic esters (lactones) is 7. The molecule has 3 N–H and O–H groups in total. The summed E-state index contributed by atoms with van der Waals surface area (Å²) in [6.45, 7) is 24.0. The molecule has 10 fully saturated rings. The molecule has 10 aliphatic rings. The third-order valence-corrected chi connectivity index (χ3v) is 13.7. The zero-order chi connectivity index (χ0) is 50.7. The van der Waals surface area contributed by atoms with Gasteiger partial charge in [0.25, 0.3) is 0 Å². The largest absolute Gasteiger partial charge is 0.465 e. The van der Waals surface area contributed by atoms with Crippen LogP contribution in [0.25, 0.3) is 0 Å². The summed E-state index contributed by atoms with van der Waals surface area (Å²) in [7, 11) is 0. The van der Waals surface area contributed by atoms with Crippen molar-refractivity contribution >= 4 is 47.8 Å². The molecule has 2 aliphatic carbocycles. The van der Waals surface area contributed by atoms with Crippen molar-refractivity contribution in [2.75, 3.05) is 46.2 Å². The van der Waals surface area contributed by atoms with E-state index in [9.17, 15) is 43.5 Å². The van der Waals surface area contributed by atoms with Crippen LogP contribution in [0, 0.1) is 58.7 Å². The van der Waals surface area contributed by atoms with E-state index < -0.39 is 22.8 Å². The average Bonchev–Trinajstić information content (AvgIpc) is 4.15. The smallest absolute Gasteiger partial charge is 0.337 e. The molecule has 0 radical (unpaired) electrons. The summed E-state index contributed by atoms with van der Waals surface area (Å²) in [5, 5.41) is 27.3. The van der Waals surface area contributed by atoms with Gasteiger partial charge in [0.15, 0.2) is 5.60 Å². The van der Waals surface area contributed by atoms with E-state index in [2.05, 4.69) is 30.6 Å². The lowest BCUT2D eigenvalue weighted by atomic mass is 9.83. The Morgan fingerprint density at radius 1 is 0.567 bits per heavy atom. The number of rotatable bonds is 0. The van der Waals surface area contributed by atoms with Gasteiger partial charge in [0.1, 0.15) is 18.3 Å². The minimum atomic E-state index is -1.21. The van der Waals surface area contributed by atoms with Gasteiger partial charge in [0.2, 0.25) is 0 Å². The fourth-order valence-electron chi connectivity index (χ4n) is 8.11. The van der Waals surface area contributed by atoms with Crippen molar-refractivity contribution in [3.63, 3.8) is 0 Å². The Labute approximate surface area is 393 Å². The highest BCUT2D eigenvalue weighted by atomic mass is 16.6. The van der Waals surface area contributed by atoms with Crippen LogP contribution in [0.4, 0.5) is 0 Å². The first-order chi connectivity index (χ1) is 30.9. The molecule has 0 spiro atoms. The lowest BCUT2D eigenvalue weighted by molar-refractivity contribution is -0.158. The van der Waals surface area contributed by atoms with E-state index in [1.54, 1.807) is 13.8 Å². The zero-order valence-electron chi connectivity index (χ0n) is 41.3. The van der Waals surface area contributed by atoms with E-state index in [-0.39, 0.29) is 84.4 Å². The molecule has 67 heavy (non-hydrogen) atoms. The second-order valence-electron chi connectivity index (χ2n) is 21.0. The Morgan fingerprint density at radius 3 is 1.43 bits per heavy atom. The number of esters is 8. The van der Waals surface area contributed by atoms with E-state index in [1.165, 1.54) is 13.3 Å². The molecule has 8 saturated heterocycles. The zero-order valence-corrected chi connectivity index (χ0v) is 41.3. The lowest BCUT2D eigenvalue weighted by Crippen LogP contribution is -2.35. The molecule has 2 bridgehead atoms. The Hall–Kier alpha value is -4.36. The van der Waals surface area contributed by atoms with Crippen LogP contribution in [0.1, 0.15) is 128 Å². The number of hydrogen-bond donors (Lipinski definition) is 3. The Morgan fingerprint density at radius 2 is 1.19 bits per heavy atom. The molecular weight excluding hydrogens is 881 g/mol. The average molecular weight is 957 g/mol. The molecule has 10 rings (SSSR count). The summed E-state index contributed by atoms with van der Waals surface area (Å²) < 4.78 is 37.7. The highest BCUT2D eigenvalue weighted by Crippen LogP contribution is 2.57. The first-order valence-electron chi connectivity index (χ1n) is 23.5. The number of aliphatic hydroxyl groups is 3. The van der Waals surface area contributed by atoms with Crippen LogP contribution in [0.5, 0.6) is 0 Å². The maximum Gasteiger partial charge on any atom is 0.337 e. The molecule has 2 saturated carbocycles. The fourth-order valence-corrected chi connectivity index (χ4v) is 8.11. The second kappa shape index (κ2) is 24.3. The van der Waals surface area contributed by atoms with Crippen LogP contribution in [-0.4, -0.2) is 132 Å². The molecule has 8 heterocycles. The Bertz CT molecular complexity index is 1750. The van der Waals surface area contributed by atoms with Crippen LogP contribution < -0.4 is 0 Å². The summed E-state index contributed by atoms with van der Waals surface area (Å²) in [5.74, 6) is 2.32. The molecule has 13 unspecified atom stereocenters. The van der Waals surface area contributed by atoms with Crippen LogP contribution in [0.2, 0.25) is 0 Å². The first-order valence-corrected chi connectivity index (χ1v) is 23.5. The molecule has 19 nitrogen and oxygen atoms in total. The summed E-state index contributed by atoms with van der Waals surface area (Å²) in [5.41, 5.74) is -2.89. The lowest BCUT2D eigenvalue weighted by Gasteiger charge is -2.26. The molecule has 13 atom stereocenters. The SMILES string of the molecule is CC1(O)CCOC(=O)C1.CC1(O)CCOC1=O.CC1(O)COC(=O)C1.CC1C(=O)OCC1(C)C.CC1C2CC3C(=O)OC1C3C2.CC1CCOC1=O.CC1COC(=O)C1.CC1COC(=O)C1C. The molecule has 0 aromatic heterocycles. The highest BCUT2D eigenvalue weighted by Gasteiger charge is 2.60. The van der Waals surface area contributed by atoms with E-state index in [0.717, 1.165) is 18.8 Å². The fraction of sp³-hybridized carbons (Fsp3) is 0.833. The molecular formula is C48H76O19. The third-order valence-electron chi connectivity index (χ3n) is 13.7. The van der Waals surface area contributed by atoms with Crippen LogP contribution in [0.3, 0.4) is 0 Å². The van der Waals surface area contributed by atoms with Crippen molar-refractivity contribution in [1.82, 2.24) is 0 Å². The van der Waals surface area contributed by atoms with Gasteiger partial charge in [0.05, 0.1) is 88.2 Å². The van der Waals surface area contributed by atoms with Gasteiger partial charge < -0.3 is 53.2 Å². The number of ether oxygens (including phenoxy) is 8. The minimum absolute atomic E-state index is 0.0417. The van der Waals surface area contributed by atoms with Crippen molar-refractivity contribution in [3.05, 3.63) is 0 Å². The molecule has 382 valence electrons. The molecule has 19 heteroatoms. The van der Waals surface area contributed by atoms with Gasteiger partial charge in [-0.15, -0.1) is 0 Å². The van der Waals surface area contributed by atoms with E-state index >= 15 is 0 Å². The van der Waals surface area contributed by atoms with Crippen molar-refractivity contribution in [1.29, 1.82) is 0 Å². The summed E-state index contributed by atoms with van der Waals surface area (Å²) in [4.78, 5) is 84.3. The van der Waals surface area contributed by atoms with Gasteiger partial charge in [-0.3, -0.25) is 33.6 Å². The number of hydrogen-bond acceptors (Lipinski definition) is 19. The normalized spacial score (nSPS) is 38.6. The predicted molar refractivity (Wildman–Crippen MR) is 235 cm³/mol. The summed E-state index contributed by atoms with van der Waals surface area (Å²) in [6, 6.07) is 0. The van der Waals surface area contributed by atoms with Crippen LogP contribution in [0.15, 0.2) is 0 Å². The van der Waals surface area contributed by atoms with E-state index in [1.807, 2.05) is 48.5 Å². The van der Waals surface area contributed by atoms with Crippen molar-refractivity contribution < 1.29 is 91.6 Å². The minimum Gasteiger partial charge on any atom is -0.465 e. The van der Waals surface area contributed by atoms with Gasteiger partial charge in [0, 0.05) is 36.0 Å². The van der Waals surface area contributed by atoms with E-state index in [0.29, 0.717) is 94.6 Å². The van der Waals surface area contributed by atoms with Crippen molar-refractivity contribution in [2.24, 2.45) is 58.7 Å². The Balaban J connectivity index is 0.000000204. The van der Waals surface area contributed by atoms with Gasteiger partial charge in [-0.1, -0.05) is 55.4 Å². The second-order valence-corrected chi connectivity index (χ2v) is 21.0. The maximum absolute atomic E-state index is 11.2. The van der Waals surface area contributed by atoms with Gasteiger partial charge in [-0.05, 0) is 51.9 Å². The third kappa shape index (κ3) is 17.6. The van der Waals surface area contributed by atoms with Gasteiger partial charge in [-0.2, -0.15) is 0 Å². The highest BCUT2D eigenvalue weighted by molar-refractivity contribution is 5.80. The van der Waals surface area contributed by atoms with Gasteiger partial charge >= 0.3 is 47.8 Å². The van der Waals surface area contributed by atoms with E-state index in [4.69, 9.17) is 24.4 Å². The standard InChI is InChI=1S/C9H12O2.C7H12O2.C6H10O3.C6H10O2.2C5H8O3.2C5H8O2/c1-4-5-2-6-7(3-5)9(10)11-8(4)6;1-5-6(8)9-4-7(5,2)3;1-6(8)2-3-9-5(7)4-6;1-4-3-8-6(7)5(4)2;1-5(7)2-4(6)8-3-5;1-5(7)2-3-8-4(5)6;1-4-2-5(6)7-3-4;1-4-2-3-7-5(4)6/h4-8H,2-3H2,1H3;5H,4H2,1-3H3;8H,2-4H2,1H3;4-5H,3H2,1-2H3;2*7H,2-3H2,1H3;2*4H,2-3H2,1H3. The van der Waals surface area contributed by atoms with Crippen molar-refractivity contribution in [3.8, 4) is 0 Å². The number of carbonyl (C=O) groups excluding carboxylic acids is 8. The van der Waals surface area contributed by atoms with Crippen LogP contribution >= 0.6 is 0 Å². The molecule has 8 aliphatic heterocycles. The molecule has 0 amide bonds.